The van der Waals surface area contributed by atoms with E-state index in [0.717, 1.165) is 41.7 Å². The monoisotopic (exact) mass is 336 g/mol. The molecule has 1 aliphatic heterocycles. The molecule has 0 unspecified atom stereocenters. The first-order chi connectivity index (χ1) is 11.0. The summed E-state index contributed by atoms with van der Waals surface area (Å²) in [4.78, 5) is 18.7. The third kappa shape index (κ3) is 3.75. The predicted octanol–water partition coefficient (Wildman–Crippen LogP) is 3.68. The van der Waals surface area contributed by atoms with Gasteiger partial charge in [0, 0.05) is 35.6 Å². The molecule has 0 N–H and O–H groups in total. The van der Waals surface area contributed by atoms with Gasteiger partial charge in [-0.05, 0) is 38.0 Å². The first kappa shape index (κ1) is 16.1. The number of carbonyl (C=O) groups excluding carboxylic acids is 1. The topological polar surface area (TPSA) is 33.2 Å². The zero-order chi connectivity index (χ0) is 16.4. The van der Waals surface area contributed by atoms with Crippen LogP contribution in [0.15, 0.2) is 23.6 Å². The quantitative estimate of drug-likeness (QED) is 0.857. The molecular weight excluding hydrogens is 318 g/mol. The highest BCUT2D eigenvalue weighted by atomic mass is 32.1. The lowest BCUT2D eigenvalue weighted by Gasteiger charge is -2.32. The smallest absolute Gasteiger partial charge is 0.227 e. The second kappa shape index (κ2) is 6.74. The van der Waals surface area contributed by atoms with Gasteiger partial charge in [0.1, 0.15) is 11.6 Å². The van der Waals surface area contributed by atoms with Gasteiger partial charge in [0.15, 0.2) is 0 Å². The molecule has 0 bridgehead atoms. The molecule has 0 saturated carbocycles. The Hall–Kier alpha value is -1.82. The number of amides is 1. The Bertz CT molecular complexity index is 716. The maximum absolute atomic E-state index is 13.7. The number of carbonyl (C=O) groups is 1. The van der Waals surface area contributed by atoms with Gasteiger partial charge in [-0.2, -0.15) is 0 Å². The normalized spacial score (nSPS) is 18.2. The van der Waals surface area contributed by atoms with Crippen LogP contribution in [0.2, 0.25) is 0 Å². The molecule has 1 aromatic carbocycles. The molecule has 6 heteroatoms. The largest absolute Gasteiger partial charge is 0.342 e. The third-order valence-electron chi connectivity index (χ3n) is 4.11. The van der Waals surface area contributed by atoms with Crippen LogP contribution in [0.5, 0.6) is 0 Å². The Kier molecular flexibility index (Phi) is 4.71. The molecule has 1 saturated heterocycles. The minimum absolute atomic E-state index is 0.104. The van der Waals surface area contributed by atoms with Crippen molar-refractivity contribution in [1.82, 2.24) is 9.88 Å². The van der Waals surface area contributed by atoms with E-state index >= 15 is 0 Å². The van der Waals surface area contributed by atoms with Crippen molar-refractivity contribution in [3.05, 3.63) is 51.5 Å². The highest BCUT2D eigenvalue weighted by molar-refractivity contribution is 7.09. The maximum atomic E-state index is 13.7. The van der Waals surface area contributed by atoms with E-state index in [1.807, 2.05) is 12.3 Å². The molecular formula is C17H18F2N2OS. The Morgan fingerprint density at radius 2 is 2.26 bits per heavy atom. The van der Waals surface area contributed by atoms with Crippen molar-refractivity contribution in [2.45, 2.75) is 32.1 Å². The Morgan fingerprint density at radius 1 is 1.43 bits per heavy atom. The molecule has 0 aliphatic carbocycles. The molecule has 3 rings (SSSR count). The number of aromatic nitrogens is 1. The molecule has 0 radical (unpaired) electrons. The van der Waals surface area contributed by atoms with E-state index in [2.05, 4.69) is 4.98 Å². The minimum atomic E-state index is -0.538. The molecule has 2 heterocycles. The average molecular weight is 336 g/mol. The van der Waals surface area contributed by atoms with E-state index < -0.39 is 11.6 Å². The molecule has 2 aromatic rings. The number of halogens is 2. The molecule has 122 valence electrons. The number of thiazole rings is 1. The van der Waals surface area contributed by atoms with E-state index in [9.17, 15) is 13.6 Å². The summed E-state index contributed by atoms with van der Waals surface area (Å²) in [6.45, 7) is 3.22. The zero-order valence-corrected chi connectivity index (χ0v) is 13.7. The maximum Gasteiger partial charge on any atom is 0.227 e. The van der Waals surface area contributed by atoms with E-state index in [0.29, 0.717) is 13.1 Å². The number of rotatable bonds is 3. The number of piperidine rings is 1. The van der Waals surface area contributed by atoms with Gasteiger partial charge in [-0.25, -0.2) is 13.8 Å². The highest BCUT2D eigenvalue weighted by Gasteiger charge is 2.27. The fraction of sp³-hybridized carbons (Fsp3) is 0.412. The van der Waals surface area contributed by atoms with Crippen LogP contribution >= 0.6 is 11.3 Å². The van der Waals surface area contributed by atoms with Crippen LogP contribution < -0.4 is 0 Å². The molecule has 1 atom stereocenters. The van der Waals surface area contributed by atoms with Crippen LogP contribution in [-0.2, 0) is 11.2 Å². The van der Waals surface area contributed by atoms with Gasteiger partial charge in [0.05, 0.1) is 11.4 Å². The Labute approximate surface area is 138 Å². The fourth-order valence-electron chi connectivity index (χ4n) is 2.92. The van der Waals surface area contributed by atoms with Crippen molar-refractivity contribution in [2.75, 3.05) is 13.1 Å². The fourth-order valence-corrected chi connectivity index (χ4v) is 3.84. The summed E-state index contributed by atoms with van der Waals surface area (Å²) in [5.41, 5.74) is 1.11. The first-order valence-corrected chi connectivity index (χ1v) is 8.54. The molecule has 1 aromatic heterocycles. The van der Waals surface area contributed by atoms with Crippen molar-refractivity contribution >= 4 is 17.2 Å². The van der Waals surface area contributed by atoms with E-state index in [-0.39, 0.29) is 23.8 Å². The molecule has 1 amide bonds. The summed E-state index contributed by atoms with van der Waals surface area (Å²) in [6.07, 6.45) is 1.80. The van der Waals surface area contributed by atoms with Crippen molar-refractivity contribution in [2.24, 2.45) is 0 Å². The van der Waals surface area contributed by atoms with Crippen LogP contribution in [0.4, 0.5) is 8.78 Å². The molecule has 0 spiro atoms. The van der Waals surface area contributed by atoms with Crippen molar-refractivity contribution in [3.63, 3.8) is 0 Å². The van der Waals surface area contributed by atoms with E-state index in [1.54, 1.807) is 16.2 Å². The number of benzene rings is 1. The molecule has 23 heavy (non-hydrogen) atoms. The summed E-state index contributed by atoms with van der Waals surface area (Å²) in [5.74, 6) is -0.982. The minimum Gasteiger partial charge on any atom is -0.342 e. The van der Waals surface area contributed by atoms with E-state index in [1.165, 1.54) is 0 Å². The summed E-state index contributed by atoms with van der Waals surface area (Å²) in [5, 5.41) is 3.06. The summed E-state index contributed by atoms with van der Waals surface area (Å²) < 4.78 is 26.9. The number of hydrogen-bond donors (Lipinski definition) is 0. The van der Waals surface area contributed by atoms with Crippen LogP contribution in [-0.4, -0.2) is 28.9 Å². The SMILES string of the molecule is Cc1csc([C@@H]2CCCN(C(=O)Cc3cc(F)ccc3F)C2)n1. The summed E-state index contributed by atoms with van der Waals surface area (Å²) in [6, 6.07) is 3.22. The second-order valence-corrected chi connectivity index (χ2v) is 6.81. The van der Waals surface area contributed by atoms with Crippen LogP contribution in [0.1, 0.15) is 35.0 Å². The Morgan fingerprint density at radius 3 is 3.00 bits per heavy atom. The first-order valence-electron chi connectivity index (χ1n) is 7.66. The predicted molar refractivity (Wildman–Crippen MR) is 85.5 cm³/mol. The highest BCUT2D eigenvalue weighted by Crippen LogP contribution is 2.29. The number of hydrogen-bond acceptors (Lipinski definition) is 3. The van der Waals surface area contributed by atoms with E-state index in [4.69, 9.17) is 0 Å². The third-order valence-corrected chi connectivity index (χ3v) is 5.23. The van der Waals surface area contributed by atoms with Crippen molar-refractivity contribution < 1.29 is 13.6 Å². The van der Waals surface area contributed by atoms with Gasteiger partial charge >= 0.3 is 0 Å². The van der Waals surface area contributed by atoms with Gasteiger partial charge in [-0.15, -0.1) is 11.3 Å². The lowest BCUT2D eigenvalue weighted by atomic mass is 9.98. The van der Waals surface area contributed by atoms with Crippen LogP contribution in [0.3, 0.4) is 0 Å². The van der Waals surface area contributed by atoms with Crippen LogP contribution in [0, 0.1) is 18.6 Å². The van der Waals surface area contributed by atoms with Gasteiger partial charge in [-0.3, -0.25) is 4.79 Å². The lowest BCUT2D eigenvalue weighted by Crippen LogP contribution is -2.40. The van der Waals surface area contributed by atoms with Crippen molar-refractivity contribution in [1.29, 1.82) is 0 Å². The summed E-state index contributed by atoms with van der Waals surface area (Å²) >= 11 is 1.62. The Balaban J connectivity index is 1.68. The van der Waals surface area contributed by atoms with Crippen LogP contribution in [0.25, 0.3) is 0 Å². The van der Waals surface area contributed by atoms with Gasteiger partial charge in [0.25, 0.3) is 0 Å². The van der Waals surface area contributed by atoms with Crippen molar-refractivity contribution in [3.8, 4) is 0 Å². The zero-order valence-electron chi connectivity index (χ0n) is 12.9. The number of aryl methyl sites for hydroxylation is 1. The lowest BCUT2D eigenvalue weighted by molar-refractivity contribution is -0.131. The second-order valence-electron chi connectivity index (χ2n) is 5.92. The molecule has 3 nitrogen and oxygen atoms in total. The van der Waals surface area contributed by atoms with Gasteiger partial charge in [-0.1, -0.05) is 0 Å². The average Bonchev–Trinajstić information content (AvgIpc) is 2.97. The molecule has 1 fully saturated rings. The van der Waals surface area contributed by atoms with Gasteiger partial charge in [0.2, 0.25) is 5.91 Å². The summed E-state index contributed by atoms with van der Waals surface area (Å²) in [7, 11) is 0. The molecule has 1 aliphatic rings. The van der Waals surface area contributed by atoms with Gasteiger partial charge < -0.3 is 4.90 Å². The number of likely N-dealkylation sites (tertiary alicyclic amines) is 1. The number of nitrogens with zero attached hydrogens (tertiary/aromatic N) is 2. The standard InChI is InChI=1S/C17H18F2N2OS/c1-11-10-23-17(20-11)12-3-2-6-21(9-12)16(22)8-13-7-14(18)4-5-15(13)19/h4-5,7,10,12H,2-3,6,8-9H2,1H3/t12-/m1/s1.